The highest BCUT2D eigenvalue weighted by Gasteiger charge is 2.38. The molecule has 0 saturated carbocycles. The number of halogens is 1. The van der Waals surface area contributed by atoms with Crippen molar-refractivity contribution in [3.8, 4) is 0 Å². The van der Waals surface area contributed by atoms with E-state index >= 15 is 0 Å². The third kappa shape index (κ3) is 7.33. The van der Waals surface area contributed by atoms with Gasteiger partial charge in [0.2, 0.25) is 0 Å². The number of carbonyl (C=O) groups is 1. The molecule has 5 nitrogen and oxygen atoms in total. The Bertz CT molecular complexity index is 798. The van der Waals surface area contributed by atoms with Crippen molar-refractivity contribution < 1.29 is 28.5 Å². The minimum Gasteiger partial charge on any atom is -0.481 e. The number of hydrogen-bond donors (Lipinski definition) is 2. The summed E-state index contributed by atoms with van der Waals surface area (Å²) in [7, 11) is -2.47. The Balaban J connectivity index is 2.06. The first-order valence-corrected chi connectivity index (χ1v) is 12.0. The van der Waals surface area contributed by atoms with Crippen molar-refractivity contribution in [2.24, 2.45) is 10.8 Å². The minimum absolute atomic E-state index is 0.0194. The Labute approximate surface area is 179 Å². The maximum absolute atomic E-state index is 13.4. The molecular weight excluding hydrogens is 406 g/mol. The smallest absolute Gasteiger partial charge is 0.305 e. The zero-order chi connectivity index (χ0) is 22.5. The quantitative estimate of drug-likeness (QED) is 0.369. The highest BCUT2D eigenvalue weighted by molar-refractivity contribution is 7.39. The lowest BCUT2D eigenvalue weighted by Gasteiger charge is -2.44. The van der Waals surface area contributed by atoms with Gasteiger partial charge in [-0.15, -0.1) is 0 Å². The fourth-order valence-corrected chi connectivity index (χ4v) is 5.75. The molecule has 0 heterocycles. The van der Waals surface area contributed by atoms with Gasteiger partial charge in [-0.2, -0.15) is 0 Å². The molecule has 0 bridgehead atoms. The highest BCUT2D eigenvalue weighted by atomic mass is 31.1. The molecule has 0 saturated heterocycles. The molecular formula is C23H34FO5P. The van der Waals surface area contributed by atoms with Gasteiger partial charge in [0.25, 0.3) is 0 Å². The summed E-state index contributed by atoms with van der Waals surface area (Å²) in [5, 5.41) is 18.2. The van der Waals surface area contributed by atoms with Crippen molar-refractivity contribution in [2.75, 3.05) is 12.8 Å². The van der Waals surface area contributed by atoms with E-state index in [-0.39, 0.29) is 29.4 Å². The van der Waals surface area contributed by atoms with Gasteiger partial charge < -0.3 is 14.7 Å². The molecule has 1 aliphatic carbocycles. The molecule has 1 aliphatic rings. The van der Waals surface area contributed by atoms with Gasteiger partial charge in [0.15, 0.2) is 8.03 Å². The molecule has 2 atom stereocenters. The second-order valence-electron chi connectivity index (χ2n) is 9.65. The predicted octanol–water partition coefficient (Wildman–Crippen LogP) is 5.53. The fraction of sp³-hybridized carbons (Fsp3) is 0.609. The monoisotopic (exact) mass is 440 g/mol. The van der Waals surface area contributed by atoms with E-state index in [9.17, 15) is 18.9 Å². The first kappa shape index (κ1) is 24.8. The van der Waals surface area contributed by atoms with Crippen LogP contribution in [0.4, 0.5) is 4.39 Å². The zero-order valence-electron chi connectivity index (χ0n) is 18.3. The molecule has 0 aliphatic heterocycles. The molecule has 2 unspecified atom stereocenters. The van der Waals surface area contributed by atoms with E-state index in [0.717, 1.165) is 24.8 Å². The molecule has 0 radical (unpaired) electrons. The van der Waals surface area contributed by atoms with Crippen molar-refractivity contribution in [3.63, 3.8) is 0 Å². The van der Waals surface area contributed by atoms with Crippen LogP contribution >= 0.6 is 8.03 Å². The van der Waals surface area contributed by atoms with Gasteiger partial charge in [0.05, 0.1) is 19.1 Å². The normalized spacial score (nSPS) is 20.1. The Kier molecular flexibility index (Phi) is 8.43. The Morgan fingerprint density at radius 3 is 2.47 bits per heavy atom. The molecule has 2 N–H and O–H groups in total. The molecule has 1 aromatic carbocycles. The summed E-state index contributed by atoms with van der Waals surface area (Å²) >= 11 is 0. The van der Waals surface area contributed by atoms with Crippen LogP contribution in [0, 0.1) is 16.6 Å². The van der Waals surface area contributed by atoms with Gasteiger partial charge in [-0.1, -0.05) is 45.4 Å². The van der Waals surface area contributed by atoms with E-state index in [1.54, 1.807) is 0 Å². The van der Waals surface area contributed by atoms with Crippen molar-refractivity contribution >= 4 is 19.6 Å². The molecule has 0 spiro atoms. The fourth-order valence-electron chi connectivity index (χ4n) is 4.74. The summed E-state index contributed by atoms with van der Waals surface area (Å²) in [5.41, 5.74) is 3.73. The van der Waals surface area contributed by atoms with Gasteiger partial charge >= 0.3 is 5.97 Å². The van der Waals surface area contributed by atoms with Crippen molar-refractivity contribution in [3.05, 3.63) is 41.2 Å². The molecule has 7 heteroatoms. The van der Waals surface area contributed by atoms with E-state index in [0.29, 0.717) is 6.42 Å². The van der Waals surface area contributed by atoms with E-state index in [1.165, 1.54) is 23.3 Å². The summed E-state index contributed by atoms with van der Waals surface area (Å²) in [5.74, 6) is -1.38. The third-order valence-electron chi connectivity index (χ3n) is 5.60. The number of carboxylic acid groups (broad SMARTS) is 1. The third-order valence-corrected chi connectivity index (χ3v) is 6.93. The van der Waals surface area contributed by atoms with E-state index < -0.39 is 26.5 Å². The van der Waals surface area contributed by atoms with E-state index in [1.807, 2.05) is 12.1 Å². The Morgan fingerprint density at radius 2 is 1.87 bits per heavy atom. The summed E-state index contributed by atoms with van der Waals surface area (Å²) in [6.45, 7) is 9.27. The van der Waals surface area contributed by atoms with Gasteiger partial charge in [0, 0.05) is 6.16 Å². The molecule has 0 amide bonds. The maximum atomic E-state index is 13.4. The molecule has 2 rings (SSSR count). The Morgan fingerprint density at radius 1 is 1.23 bits per heavy atom. The van der Waals surface area contributed by atoms with Crippen molar-refractivity contribution in [2.45, 2.75) is 65.9 Å². The van der Waals surface area contributed by atoms with E-state index in [4.69, 9.17) is 9.63 Å². The molecule has 30 heavy (non-hydrogen) atoms. The zero-order valence-corrected chi connectivity index (χ0v) is 19.3. The van der Waals surface area contributed by atoms with Crippen LogP contribution in [0.1, 0.15) is 65.4 Å². The number of allylic oxidation sites excluding steroid dienone is 2. The number of carboxylic acids is 1. The number of aliphatic carboxylic acids is 1. The van der Waals surface area contributed by atoms with Gasteiger partial charge in [-0.05, 0) is 59.8 Å². The van der Waals surface area contributed by atoms with E-state index in [2.05, 4.69) is 27.7 Å². The minimum atomic E-state index is -2.47. The molecule has 168 valence electrons. The molecule has 0 fully saturated rings. The topological polar surface area (TPSA) is 83.8 Å². The van der Waals surface area contributed by atoms with Crippen LogP contribution in [-0.2, 0) is 13.9 Å². The van der Waals surface area contributed by atoms with Crippen molar-refractivity contribution in [1.82, 2.24) is 0 Å². The standard InChI is InChI=1S/C23H34FO5P/c1-22(2)13-19(16-7-9-17(24)10-8-16)20(23(3,4)15-22)6-5-11-29-30(28)14-18(25)12-21(26)27/h7-10,18,25,30H,5-6,11-15H2,1-4H3,(H,26,27). The van der Waals surface area contributed by atoms with Gasteiger partial charge in [-0.25, -0.2) is 4.39 Å². The van der Waals surface area contributed by atoms with Crippen LogP contribution in [0.5, 0.6) is 0 Å². The van der Waals surface area contributed by atoms with Crippen LogP contribution in [0.25, 0.3) is 5.57 Å². The number of aliphatic hydroxyl groups excluding tert-OH is 1. The maximum Gasteiger partial charge on any atom is 0.305 e. The number of hydrogen-bond acceptors (Lipinski definition) is 4. The van der Waals surface area contributed by atoms with Gasteiger partial charge in [-0.3, -0.25) is 9.36 Å². The second-order valence-corrected chi connectivity index (χ2v) is 11.1. The summed E-state index contributed by atoms with van der Waals surface area (Å²) in [4.78, 5) is 10.6. The lowest BCUT2D eigenvalue weighted by molar-refractivity contribution is -0.138. The Hall–Kier alpha value is -1.49. The number of rotatable bonds is 10. The molecule has 1 aromatic rings. The second kappa shape index (κ2) is 10.2. The first-order valence-electron chi connectivity index (χ1n) is 10.4. The lowest BCUT2D eigenvalue weighted by Crippen LogP contribution is -2.31. The average Bonchev–Trinajstić information content (AvgIpc) is 2.58. The van der Waals surface area contributed by atoms with Crippen molar-refractivity contribution in [1.29, 1.82) is 0 Å². The highest BCUT2D eigenvalue weighted by Crippen LogP contribution is 2.53. The van der Waals surface area contributed by atoms with Crippen LogP contribution in [-0.4, -0.2) is 35.1 Å². The summed E-state index contributed by atoms with van der Waals surface area (Å²) in [6, 6.07) is 6.65. The largest absolute Gasteiger partial charge is 0.481 e. The summed E-state index contributed by atoms with van der Waals surface area (Å²) < 4.78 is 30.8. The predicted molar refractivity (Wildman–Crippen MR) is 117 cm³/mol. The van der Waals surface area contributed by atoms with Crippen LogP contribution < -0.4 is 0 Å². The number of aliphatic hydroxyl groups is 1. The average molecular weight is 440 g/mol. The first-order chi connectivity index (χ1) is 13.9. The van der Waals surface area contributed by atoms with Crippen LogP contribution in [0.3, 0.4) is 0 Å². The molecule has 0 aromatic heterocycles. The lowest BCUT2D eigenvalue weighted by atomic mass is 9.61. The van der Waals surface area contributed by atoms with Crippen LogP contribution in [0.15, 0.2) is 29.8 Å². The van der Waals surface area contributed by atoms with Gasteiger partial charge in [0.1, 0.15) is 5.82 Å². The SMILES string of the molecule is CC1(C)CC(c2ccc(F)cc2)=C(CCCO[PH](=O)CC(O)CC(=O)O)C(C)(C)C1. The summed E-state index contributed by atoms with van der Waals surface area (Å²) in [6.07, 6.45) is 1.69. The van der Waals surface area contributed by atoms with Crippen LogP contribution in [0.2, 0.25) is 0 Å². The number of benzene rings is 1.